The molecule has 0 amide bonds. The van der Waals surface area contributed by atoms with Gasteiger partial charge in [0.2, 0.25) is 0 Å². The predicted molar refractivity (Wildman–Crippen MR) is 81.6 cm³/mol. The van der Waals surface area contributed by atoms with Crippen LogP contribution in [0.25, 0.3) is 10.6 Å². The molecule has 2 nitrogen and oxygen atoms in total. The first-order chi connectivity index (χ1) is 9.60. The summed E-state index contributed by atoms with van der Waals surface area (Å²) in [6.07, 6.45) is 0. The van der Waals surface area contributed by atoms with Crippen molar-refractivity contribution in [1.82, 2.24) is 4.98 Å². The molecule has 0 fully saturated rings. The highest BCUT2D eigenvalue weighted by Crippen LogP contribution is 2.26. The molecule has 0 radical (unpaired) electrons. The summed E-state index contributed by atoms with van der Waals surface area (Å²) in [7, 11) is 0. The second kappa shape index (κ2) is 7.16. The number of hydrogen-bond donors (Lipinski definition) is 0. The predicted octanol–water partition coefficient (Wildman–Crippen LogP) is 4.86. The van der Waals surface area contributed by atoms with Gasteiger partial charge in [0, 0.05) is 23.1 Å². The average molecular weight is 314 g/mol. The minimum Gasteiger partial charge on any atom is -0.376 e. The summed E-state index contributed by atoms with van der Waals surface area (Å²) in [5.41, 5.74) is 2.30. The molecular formula is C15H17ClFNOS. The van der Waals surface area contributed by atoms with E-state index >= 15 is 0 Å². The molecule has 1 heterocycles. The Morgan fingerprint density at radius 1 is 1.40 bits per heavy atom. The lowest BCUT2D eigenvalue weighted by molar-refractivity contribution is 0.0951. The van der Waals surface area contributed by atoms with Crippen LogP contribution in [0.3, 0.4) is 0 Å². The van der Waals surface area contributed by atoms with Crippen LogP contribution in [0.4, 0.5) is 4.39 Å². The van der Waals surface area contributed by atoms with E-state index in [2.05, 4.69) is 18.8 Å². The first kappa shape index (κ1) is 15.4. The van der Waals surface area contributed by atoms with E-state index in [1.54, 1.807) is 12.1 Å². The maximum absolute atomic E-state index is 13.8. The molecule has 0 bridgehead atoms. The zero-order valence-electron chi connectivity index (χ0n) is 11.5. The first-order valence-electron chi connectivity index (χ1n) is 6.47. The van der Waals surface area contributed by atoms with Crippen LogP contribution in [0, 0.1) is 11.7 Å². The third kappa shape index (κ3) is 4.01. The number of alkyl halides is 1. The fourth-order valence-electron chi connectivity index (χ4n) is 1.72. The Kier molecular flexibility index (Phi) is 5.52. The maximum Gasteiger partial charge on any atom is 0.128 e. The monoisotopic (exact) mass is 313 g/mol. The van der Waals surface area contributed by atoms with Crippen molar-refractivity contribution in [3.05, 3.63) is 40.7 Å². The lowest BCUT2D eigenvalue weighted by Gasteiger charge is -2.08. The van der Waals surface area contributed by atoms with E-state index in [9.17, 15) is 4.39 Å². The molecule has 108 valence electrons. The molecule has 0 spiro atoms. The van der Waals surface area contributed by atoms with Crippen LogP contribution in [0.5, 0.6) is 0 Å². The molecule has 0 aliphatic heterocycles. The molecule has 0 atom stereocenters. The Hall–Kier alpha value is -0.970. The van der Waals surface area contributed by atoms with Crippen LogP contribution in [-0.4, -0.2) is 11.6 Å². The zero-order chi connectivity index (χ0) is 14.5. The summed E-state index contributed by atoms with van der Waals surface area (Å²) in [6.45, 7) is 5.04. The van der Waals surface area contributed by atoms with Crippen LogP contribution in [-0.2, 0) is 17.2 Å². The van der Waals surface area contributed by atoms with E-state index in [0.717, 1.165) is 16.3 Å². The summed E-state index contributed by atoms with van der Waals surface area (Å²) in [5, 5.41) is 2.77. The molecule has 5 heteroatoms. The SMILES string of the molecule is CC(C)COCc1cc(-c2nc(CCl)cs2)ccc1F. The van der Waals surface area contributed by atoms with Crippen molar-refractivity contribution in [3.63, 3.8) is 0 Å². The van der Waals surface area contributed by atoms with Crippen LogP contribution in [0.15, 0.2) is 23.6 Å². The Bertz CT molecular complexity index is 571. The van der Waals surface area contributed by atoms with E-state index in [1.807, 2.05) is 5.38 Å². The molecule has 1 aromatic heterocycles. The number of halogens is 2. The molecule has 0 saturated carbocycles. The first-order valence-corrected chi connectivity index (χ1v) is 7.88. The minimum atomic E-state index is -0.244. The van der Waals surface area contributed by atoms with Gasteiger partial charge in [0.25, 0.3) is 0 Å². The van der Waals surface area contributed by atoms with Crippen LogP contribution < -0.4 is 0 Å². The molecule has 1 aromatic carbocycles. The van der Waals surface area contributed by atoms with Gasteiger partial charge in [0.1, 0.15) is 10.8 Å². The van der Waals surface area contributed by atoms with Gasteiger partial charge in [-0.3, -0.25) is 0 Å². The van der Waals surface area contributed by atoms with Gasteiger partial charge in [-0.15, -0.1) is 22.9 Å². The van der Waals surface area contributed by atoms with E-state index in [4.69, 9.17) is 16.3 Å². The number of nitrogens with zero attached hydrogens (tertiary/aromatic N) is 1. The molecule has 2 aromatic rings. The second-order valence-electron chi connectivity index (χ2n) is 4.99. The zero-order valence-corrected chi connectivity index (χ0v) is 13.1. The minimum absolute atomic E-state index is 0.244. The third-order valence-electron chi connectivity index (χ3n) is 2.69. The number of ether oxygens (including phenoxy) is 1. The van der Waals surface area contributed by atoms with Crippen LogP contribution >= 0.6 is 22.9 Å². The van der Waals surface area contributed by atoms with Crippen molar-refractivity contribution in [3.8, 4) is 10.6 Å². The van der Waals surface area contributed by atoms with Gasteiger partial charge in [-0.1, -0.05) is 13.8 Å². The molecule has 0 aliphatic carbocycles. The normalized spacial score (nSPS) is 11.2. The van der Waals surface area contributed by atoms with Gasteiger partial charge >= 0.3 is 0 Å². The van der Waals surface area contributed by atoms with Gasteiger partial charge in [0.15, 0.2) is 0 Å². The fraction of sp³-hybridized carbons (Fsp3) is 0.400. The van der Waals surface area contributed by atoms with Crippen molar-refractivity contribution in [2.75, 3.05) is 6.61 Å². The molecule has 0 saturated heterocycles. The lowest BCUT2D eigenvalue weighted by Crippen LogP contribution is -2.03. The molecule has 0 unspecified atom stereocenters. The van der Waals surface area contributed by atoms with Gasteiger partial charge in [-0.05, 0) is 24.1 Å². The molecule has 20 heavy (non-hydrogen) atoms. The quantitative estimate of drug-likeness (QED) is 0.710. The number of aromatic nitrogens is 1. The Morgan fingerprint density at radius 3 is 2.85 bits per heavy atom. The maximum atomic E-state index is 13.8. The van der Waals surface area contributed by atoms with Gasteiger partial charge in [-0.2, -0.15) is 0 Å². The molecular weight excluding hydrogens is 297 g/mol. The average Bonchev–Trinajstić information content (AvgIpc) is 2.89. The third-order valence-corrected chi connectivity index (χ3v) is 3.90. The Balaban J connectivity index is 2.15. The summed E-state index contributed by atoms with van der Waals surface area (Å²) in [4.78, 5) is 4.40. The van der Waals surface area contributed by atoms with Crippen molar-refractivity contribution >= 4 is 22.9 Å². The van der Waals surface area contributed by atoms with Gasteiger partial charge in [-0.25, -0.2) is 9.37 Å². The van der Waals surface area contributed by atoms with Crippen molar-refractivity contribution in [2.24, 2.45) is 5.92 Å². The summed E-state index contributed by atoms with van der Waals surface area (Å²) >= 11 is 7.26. The summed E-state index contributed by atoms with van der Waals surface area (Å²) in [6, 6.07) is 5.00. The number of hydrogen-bond acceptors (Lipinski definition) is 3. The number of rotatable bonds is 6. The topological polar surface area (TPSA) is 22.1 Å². The summed E-state index contributed by atoms with van der Waals surface area (Å²) < 4.78 is 19.3. The van der Waals surface area contributed by atoms with E-state index in [0.29, 0.717) is 24.0 Å². The van der Waals surface area contributed by atoms with Crippen LogP contribution in [0.2, 0.25) is 0 Å². The molecule has 0 N–H and O–H groups in total. The standard InChI is InChI=1S/C15H17ClFNOS/c1-10(2)7-19-8-12-5-11(3-4-14(12)17)15-18-13(6-16)9-20-15/h3-5,9-10H,6-8H2,1-2H3. The summed E-state index contributed by atoms with van der Waals surface area (Å²) in [5.74, 6) is 0.584. The highest BCUT2D eigenvalue weighted by atomic mass is 35.5. The Morgan fingerprint density at radius 2 is 2.20 bits per heavy atom. The van der Waals surface area contributed by atoms with Gasteiger partial charge in [0.05, 0.1) is 18.2 Å². The van der Waals surface area contributed by atoms with Gasteiger partial charge < -0.3 is 4.74 Å². The Labute approximate surface area is 127 Å². The highest BCUT2D eigenvalue weighted by molar-refractivity contribution is 7.13. The molecule has 0 aliphatic rings. The van der Waals surface area contributed by atoms with E-state index in [1.165, 1.54) is 17.4 Å². The number of benzene rings is 1. The fourth-order valence-corrected chi connectivity index (χ4v) is 2.77. The highest BCUT2D eigenvalue weighted by Gasteiger charge is 2.09. The largest absolute Gasteiger partial charge is 0.376 e. The van der Waals surface area contributed by atoms with Crippen LogP contribution in [0.1, 0.15) is 25.1 Å². The van der Waals surface area contributed by atoms with E-state index < -0.39 is 0 Å². The molecule has 2 rings (SSSR count). The van der Waals surface area contributed by atoms with E-state index in [-0.39, 0.29) is 12.4 Å². The van der Waals surface area contributed by atoms with Crippen molar-refractivity contribution < 1.29 is 9.13 Å². The van der Waals surface area contributed by atoms with Crippen molar-refractivity contribution in [1.29, 1.82) is 0 Å². The number of thiazole rings is 1. The lowest BCUT2D eigenvalue weighted by atomic mass is 10.1. The smallest absolute Gasteiger partial charge is 0.128 e. The van der Waals surface area contributed by atoms with Crippen molar-refractivity contribution in [2.45, 2.75) is 26.3 Å². The second-order valence-corrected chi connectivity index (χ2v) is 6.12.